The van der Waals surface area contributed by atoms with Crippen molar-refractivity contribution in [2.45, 2.75) is 19.1 Å². The van der Waals surface area contributed by atoms with Gasteiger partial charge in [-0.2, -0.15) is 0 Å². The third kappa shape index (κ3) is 3.88. The van der Waals surface area contributed by atoms with E-state index < -0.39 is 6.10 Å². The maximum atomic E-state index is 13.0. The summed E-state index contributed by atoms with van der Waals surface area (Å²) >= 11 is 3.32. The van der Waals surface area contributed by atoms with Crippen LogP contribution < -0.4 is 0 Å². The third-order valence-electron chi connectivity index (χ3n) is 3.08. The quantitative estimate of drug-likeness (QED) is 0.892. The van der Waals surface area contributed by atoms with Crippen molar-refractivity contribution < 1.29 is 14.2 Å². The second-order valence-corrected chi connectivity index (χ2v) is 5.49. The van der Waals surface area contributed by atoms with Gasteiger partial charge in [0, 0.05) is 18.0 Å². The number of aliphatic hydroxyl groups is 1. The van der Waals surface area contributed by atoms with Crippen LogP contribution >= 0.6 is 15.9 Å². The molecular formula is C16H16BrFO2. The van der Waals surface area contributed by atoms with Crippen LogP contribution in [0.3, 0.4) is 0 Å². The Hall–Kier alpha value is -1.23. The van der Waals surface area contributed by atoms with Crippen molar-refractivity contribution in [3.8, 4) is 0 Å². The predicted octanol–water partition coefficient (Wildman–Crippen LogP) is 4.01. The molecule has 0 aromatic heterocycles. The highest BCUT2D eigenvalue weighted by Crippen LogP contribution is 2.25. The van der Waals surface area contributed by atoms with Gasteiger partial charge in [0.1, 0.15) is 5.82 Å². The first-order chi connectivity index (χ1) is 9.60. The molecule has 2 nitrogen and oxygen atoms in total. The molecule has 0 aliphatic rings. The van der Waals surface area contributed by atoms with Gasteiger partial charge in [0.05, 0.1) is 12.7 Å². The molecule has 0 fully saturated rings. The predicted molar refractivity (Wildman–Crippen MR) is 79.9 cm³/mol. The fraction of sp³-hybridized carbons (Fsp3) is 0.250. The summed E-state index contributed by atoms with van der Waals surface area (Å²) in [5.74, 6) is -0.294. The van der Waals surface area contributed by atoms with Crippen LogP contribution in [0.5, 0.6) is 0 Å². The van der Waals surface area contributed by atoms with E-state index in [1.807, 2.05) is 24.3 Å². The molecule has 0 bridgehead atoms. The summed E-state index contributed by atoms with van der Waals surface area (Å²) < 4.78 is 18.8. The molecule has 0 heterocycles. The molecule has 4 heteroatoms. The zero-order chi connectivity index (χ0) is 14.5. The number of aliphatic hydroxyl groups excluding tert-OH is 1. The normalized spacial score (nSPS) is 12.4. The van der Waals surface area contributed by atoms with Gasteiger partial charge < -0.3 is 9.84 Å². The summed E-state index contributed by atoms with van der Waals surface area (Å²) in [5, 5.41) is 10.3. The summed E-state index contributed by atoms with van der Waals surface area (Å²) in [6.45, 7) is 0.515. The Kier molecular flexibility index (Phi) is 5.29. The first kappa shape index (κ1) is 15.2. The minimum atomic E-state index is -0.631. The molecule has 0 aliphatic carbocycles. The highest BCUT2D eigenvalue weighted by Gasteiger charge is 2.11. The van der Waals surface area contributed by atoms with Crippen LogP contribution in [0.1, 0.15) is 22.8 Å². The number of methoxy groups -OCH3 is 1. The smallest absolute Gasteiger partial charge is 0.124 e. The highest BCUT2D eigenvalue weighted by atomic mass is 79.9. The monoisotopic (exact) mass is 338 g/mol. The zero-order valence-electron chi connectivity index (χ0n) is 11.1. The van der Waals surface area contributed by atoms with Crippen LogP contribution in [-0.2, 0) is 17.8 Å². The van der Waals surface area contributed by atoms with Gasteiger partial charge in [-0.05, 0) is 28.8 Å². The minimum Gasteiger partial charge on any atom is -0.388 e. The minimum absolute atomic E-state index is 0.294. The van der Waals surface area contributed by atoms with Crippen molar-refractivity contribution in [1.82, 2.24) is 0 Å². The van der Waals surface area contributed by atoms with E-state index in [0.29, 0.717) is 17.5 Å². The van der Waals surface area contributed by atoms with E-state index in [-0.39, 0.29) is 5.82 Å². The van der Waals surface area contributed by atoms with Crippen LogP contribution in [0.25, 0.3) is 0 Å². The lowest BCUT2D eigenvalue weighted by Gasteiger charge is -2.13. The highest BCUT2D eigenvalue weighted by molar-refractivity contribution is 9.10. The van der Waals surface area contributed by atoms with Gasteiger partial charge in [-0.15, -0.1) is 0 Å². The molecule has 0 aliphatic heterocycles. The summed E-state index contributed by atoms with van der Waals surface area (Å²) in [6, 6.07) is 12.1. The third-order valence-corrected chi connectivity index (χ3v) is 3.81. The van der Waals surface area contributed by atoms with Crippen molar-refractivity contribution in [1.29, 1.82) is 0 Å². The molecule has 1 atom stereocenters. The molecule has 106 valence electrons. The van der Waals surface area contributed by atoms with E-state index in [0.717, 1.165) is 16.7 Å². The Morgan fingerprint density at radius 3 is 2.75 bits per heavy atom. The summed E-state index contributed by atoms with van der Waals surface area (Å²) in [5.41, 5.74) is 2.72. The average molecular weight is 339 g/mol. The largest absolute Gasteiger partial charge is 0.388 e. The van der Waals surface area contributed by atoms with Crippen LogP contribution in [-0.4, -0.2) is 12.2 Å². The van der Waals surface area contributed by atoms with Gasteiger partial charge in [-0.3, -0.25) is 0 Å². The molecule has 1 N–H and O–H groups in total. The van der Waals surface area contributed by atoms with Gasteiger partial charge in [-0.25, -0.2) is 4.39 Å². The maximum absolute atomic E-state index is 13.0. The lowest BCUT2D eigenvalue weighted by molar-refractivity contribution is 0.175. The van der Waals surface area contributed by atoms with E-state index >= 15 is 0 Å². The standard InChI is InChI=1S/C16H16BrFO2/c1-20-10-11-3-2-4-13(7-11)16(19)8-12-5-6-14(18)9-15(12)17/h2-7,9,16,19H,8,10H2,1H3. The van der Waals surface area contributed by atoms with Crippen molar-refractivity contribution in [2.75, 3.05) is 7.11 Å². The Morgan fingerprint density at radius 2 is 2.05 bits per heavy atom. The molecule has 1 unspecified atom stereocenters. The van der Waals surface area contributed by atoms with E-state index in [1.165, 1.54) is 12.1 Å². The Bertz CT molecular complexity index is 586. The first-order valence-electron chi connectivity index (χ1n) is 6.30. The number of halogens is 2. The first-order valence-corrected chi connectivity index (χ1v) is 7.09. The molecular weight excluding hydrogens is 323 g/mol. The number of benzene rings is 2. The van der Waals surface area contributed by atoms with E-state index in [1.54, 1.807) is 13.2 Å². The number of hydrogen-bond acceptors (Lipinski definition) is 2. The Balaban J connectivity index is 2.15. The zero-order valence-corrected chi connectivity index (χ0v) is 12.7. The van der Waals surface area contributed by atoms with Gasteiger partial charge in [0.25, 0.3) is 0 Å². The molecule has 20 heavy (non-hydrogen) atoms. The van der Waals surface area contributed by atoms with Gasteiger partial charge in [0.15, 0.2) is 0 Å². The van der Waals surface area contributed by atoms with Gasteiger partial charge >= 0.3 is 0 Å². The van der Waals surface area contributed by atoms with Crippen LogP contribution in [0.4, 0.5) is 4.39 Å². The van der Waals surface area contributed by atoms with E-state index in [9.17, 15) is 9.50 Å². The summed E-state index contributed by atoms with van der Waals surface area (Å²) in [7, 11) is 1.64. The molecule has 0 saturated carbocycles. The van der Waals surface area contributed by atoms with Crippen molar-refractivity contribution in [3.05, 3.63) is 69.4 Å². The number of ether oxygens (including phenoxy) is 1. The molecule has 0 amide bonds. The van der Waals surface area contributed by atoms with Crippen LogP contribution in [0.15, 0.2) is 46.9 Å². The Morgan fingerprint density at radius 1 is 1.25 bits per heavy atom. The molecule has 0 saturated heterocycles. The lowest BCUT2D eigenvalue weighted by atomic mass is 10.00. The van der Waals surface area contributed by atoms with Crippen LogP contribution in [0.2, 0.25) is 0 Å². The fourth-order valence-electron chi connectivity index (χ4n) is 2.07. The lowest BCUT2D eigenvalue weighted by Crippen LogP contribution is -2.03. The molecule has 2 aromatic carbocycles. The SMILES string of the molecule is COCc1cccc(C(O)Cc2ccc(F)cc2Br)c1. The van der Waals surface area contributed by atoms with Gasteiger partial charge in [-0.1, -0.05) is 46.3 Å². The Labute approximate surface area is 126 Å². The molecule has 2 aromatic rings. The van der Waals surface area contributed by atoms with Crippen molar-refractivity contribution in [2.24, 2.45) is 0 Å². The number of hydrogen-bond donors (Lipinski definition) is 1. The summed E-state index contributed by atoms with van der Waals surface area (Å²) in [4.78, 5) is 0. The number of rotatable bonds is 5. The average Bonchev–Trinajstić information content (AvgIpc) is 2.42. The molecule has 0 radical (unpaired) electrons. The maximum Gasteiger partial charge on any atom is 0.124 e. The van der Waals surface area contributed by atoms with Crippen molar-refractivity contribution in [3.63, 3.8) is 0 Å². The second kappa shape index (κ2) is 6.97. The van der Waals surface area contributed by atoms with Gasteiger partial charge in [0.2, 0.25) is 0 Å². The molecule has 0 spiro atoms. The van der Waals surface area contributed by atoms with Crippen LogP contribution in [0, 0.1) is 5.82 Å². The van der Waals surface area contributed by atoms with E-state index in [2.05, 4.69) is 15.9 Å². The van der Waals surface area contributed by atoms with Crippen molar-refractivity contribution >= 4 is 15.9 Å². The topological polar surface area (TPSA) is 29.5 Å². The summed E-state index contributed by atoms with van der Waals surface area (Å²) in [6.07, 6.45) is -0.203. The van der Waals surface area contributed by atoms with E-state index in [4.69, 9.17) is 4.74 Å². The second-order valence-electron chi connectivity index (χ2n) is 4.63. The molecule has 2 rings (SSSR count). The fourth-order valence-corrected chi connectivity index (χ4v) is 2.58.